The second kappa shape index (κ2) is 9.15. The summed E-state index contributed by atoms with van der Waals surface area (Å²) >= 11 is 1.68. The molecule has 1 atom stereocenters. The maximum Gasteiger partial charge on any atom is 0.244 e. The summed E-state index contributed by atoms with van der Waals surface area (Å²) in [4.78, 5) is 14.9. The number of rotatable bonds is 8. The molecule has 136 valence electrons. The van der Waals surface area contributed by atoms with Crippen molar-refractivity contribution in [3.05, 3.63) is 40.3 Å². The second-order valence-corrected chi connectivity index (χ2v) is 7.54. The Kier molecular flexibility index (Phi) is 6.64. The predicted octanol–water partition coefficient (Wildman–Crippen LogP) is 3.24. The van der Waals surface area contributed by atoms with Crippen molar-refractivity contribution in [2.75, 3.05) is 19.6 Å². The molecule has 0 aromatic carbocycles. The molecular weight excluding hydrogens is 332 g/mol. The predicted molar refractivity (Wildman–Crippen MR) is 102 cm³/mol. The van der Waals surface area contributed by atoms with Gasteiger partial charge in [-0.3, -0.25) is 9.48 Å². The summed E-state index contributed by atoms with van der Waals surface area (Å²) in [6, 6.07) is 4.17. The first-order chi connectivity index (χ1) is 12.3. The lowest BCUT2D eigenvalue weighted by Crippen LogP contribution is -2.36. The minimum atomic E-state index is 0.161. The molecule has 3 rings (SSSR count). The molecule has 1 fully saturated rings. The standard InChI is InChI=1S/C19H28N4OS/c1-2-3-10-22(13-16-7-11-25-15-16)19(24)14-23-18(6-9-21-23)17-5-4-8-20-12-17/h6-7,9,11,15,17,20H,2-5,8,10,12-14H2,1H3/t17-/m0/s1. The van der Waals surface area contributed by atoms with E-state index < -0.39 is 0 Å². The molecular formula is C19H28N4OS. The molecule has 0 bridgehead atoms. The number of piperidine rings is 1. The van der Waals surface area contributed by atoms with Gasteiger partial charge in [0.05, 0.1) is 0 Å². The quantitative estimate of drug-likeness (QED) is 0.786. The highest BCUT2D eigenvalue weighted by atomic mass is 32.1. The first-order valence-corrected chi connectivity index (χ1v) is 10.2. The minimum absolute atomic E-state index is 0.161. The van der Waals surface area contributed by atoms with Crippen molar-refractivity contribution < 1.29 is 4.79 Å². The number of hydrogen-bond acceptors (Lipinski definition) is 4. The van der Waals surface area contributed by atoms with Crippen LogP contribution in [-0.2, 0) is 17.9 Å². The van der Waals surface area contributed by atoms with E-state index in [-0.39, 0.29) is 5.91 Å². The maximum absolute atomic E-state index is 12.9. The van der Waals surface area contributed by atoms with Gasteiger partial charge in [0.15, 0.2) is 0 Å². The smallest absolute Gasteiger partial charge is 0.244 e. The van der Waals surface area contributed by atoms with E-state index in [1.165, 1.54) is 24.1 Å². The van der Waals surface area contributed by atoms with Crippen molar-refractivity contribution in [2.24, 2.45) is 0 Å². The number of unbranched alkanes of at least 4 members (excludes halogenated alkanes) is 1. The monoisotopic (exact) mass is 360 g/mol. The molecule has 1 aliphatic rings. The molecule has 25 heavy (non-hydrogen) atoms. The summed E-state index contributed by atoms with van der Waals surface area (Å²) in [7, 11) is 0. The third kappa shape index (κ3) is 4.92. The van der Waals surface area contributed by atoms with Crippen LogP contribution in [0.1, 0.15) is 49.8 Å². The van der Waals surface area contributed by atoms with Crippen molar-refractivity contribution in [3.8, 4) is 0 Å². The van der Waals surface area contributed by atoms with Gasteiger partial charge in [-0.2, -0.15) is 16.4 Å². The second-order valence-electron chi connectivity index (χ2n) is 6.76. The number of carbonyl (C=O) groups excluding carboxylic acids is 1. The van der Waals surface area contributed by atoms with Crippen LogP contribution >= 0.6 is 11.3 Å². The van der Waals surface area contributed by atoms with Gasteiger partial charge >= 0.3 is 0 Å². The van der Waals surface area contributed by atoms with E-state index in [1.54, 1.807) is 11.3 Å². The van der Waals surface area contributed by atoms with Crippen LogP contribution < -0.4 is 5.32 Å². The average Bonchev–Trinajstić information content (AvgIpc) is 3.31. The molecule has 1 N–H and O–H groups in total. The maximum atomic E-state index is 12.9. The molecule has 0 radical (unpaired) electrons. The normalized spacial score (nSPS) is 17.6. The van der Waals surface area contributed by atoms with Crippen molar-refractivity contribution in [1.29, 1.82) is 0 Å². The van der Waals surface area contributed by atoms with Crippen molar-refractivity contribution in [2.45, 2.75) is 51.6 Å². The van der Waals surface area contributed by atoms with Gasteiger partial charge in [0.1, 0.15) is 6.54 Å². The van der Waals surface area contributed by atoms with Crippen molar-refractivity contribution in [1.82, 2.24) is 20.0 Å². The van der Waals surface area contributed by atoms with Crippen LogP contribution in [0.25, 0.3) is 0 Å². The summed E-state index contributed by atoms with van der Waals surface area (Å²) in [5.41, 5.74) is 2.40. The van der Waals surface area contributed by atoms with Crippen molar-refractivity contribution in [3.63, 3.8) is 0 Å². The van der Waals surface area contributed by atoms with Crippen LogP contribution in [0.15, 0.2) is 29.1 Å². The Hall–Kier alpha value is -1.66. The van der Waals surface area contributed by atoms with Crippen LogP contribution in [0.2, 0.25) is 0 Å². The Bertz CT molecular complexity index is 646. The van der Waals surface area contributed by atoms with Gasteiger partial charge in [0, 0.05) is 37.4 Å². The largest absolute Gasteiger partial charge is 0.337 e. The molecule has 1 saturated heterocycles. The fourth-order valence-corrected chi connectivity index (χ4v) is 4.06. The Morgan fingerprint density at radius 2 is 2.40 bits per heavy atom. The lowest BCUT2D eigenvalue weighted by Gasteiger charge is -2.25. The van der Waals surface area contributed by atoms with Crippen LogP contribution in [0.4, 0.5) is 0 Å². The molecule has 1 aliphatic heterocycles. The summed E-state index contributed by atoms with van der Waals surface area (Å²) in [6.07, 6.45) is 6.31. The number of hydrogen-bond donors (Lipinski definition) is 1. The molecule has 0 unspecified atom stereocenters. The zero-order chi connectivity index (χ0) is 17.5. The number of nitrogens with one attached hydrogen (secondary N) is 1. The van der Waals surface area contributed by atoms with Crippen LogP contribution in [0.3, 0.4) is 0 Å². The first-order valence-electron chi connectivity index (χ1n) is 9.29. The number of nitrogens with zero attached hydrogens (tertiary/aromatic N) is 3. The Morgan fingerprint density at radius 3 is 3.12 bits per heavy atom. The lowest BCUT2D eigenvalue weighted by molar-refractivity contribution is -0.132. The van der Waals surface area contributed by atoms with Gasteiger partial charge in [0.2, 0.25) is 5.91 Å². The van der Waals surface area contributed by atoms with Crippen LogP contribution in [0.5, 0.6) is 0 Å². The Balaban J connectivity index is 1.67. The number of amides is 1. The molecule has 0 saturated carbocycles. The topological polar surface area (TPSA) is 50.2 Å². The summed E-state index contributed by atoms with van der Waals surface area (Å²) in [5, 5.41) is 12.1. The fourth-order valence-electron chi connectivity index (χ4n) is 3.40. The van der Waals surface area contributed by atoms with Gasteiger partial charge in [-0.1, -0.05) is 13.3 Å². The third-order valence-corrected chi connectivity index (χ3v) is 5.57. The van der Waals surface area contributed by atoms with Crippen LogP contribution in [0, 0.1) is 0 Å². The van der Waals surface area contributed by atoms with E-state index >= 15 is 0 Å². The molecule has 0 aliphatic carbocycles. The highest BCUT2D eigenvalue weighted by Crippen LogP contribution is 2.23. The number of carbonyl (C=O) groups is 1. The molecule has 5 nitrogen and oxygen atoms in total. The molecule has 3 heterocycles. The van der Waals surface area contributed by atoms with E-state index in [0.717, 1.165) is 32.5 Å². The fraction of sp³-hybridized carbons (Fsp3) is 0.579. The van der Waals surface area contributed by atoms with Gasteiger partial charge in [-0.25, -0.2) is 0 Å². The first kappa shape index (κ1) is 18.1. The zero-order valence-corrected chi connectivity index (χ0v) is 15.8. The lowest BCUT2D eigenvalue weighted by atomic mass is 9.96. The minimum Gasteiger partial charge on any atom is -0.337 e. The average molecular weight is 361 g/mol. The van der Waals surface area contributed by atoms with E-state index in [4.69, 9.17) is 0 Å². The zero-order valence-electron chi connectivity index (χ0n) is 15.0. The number of aromatic nitrogens is 2. The van der Waals surface area contributed by atoms with Gasteiger partial charge in [-0.05, 0) is 54.3 Å². The number of thiophene rings is 1. The Labute approximate surface area is 154 Å². The SMILES string of the molecule is CCCCN(Cc1ccsc1)C(=O)Cn1nccc1[C@H]1CCCNC1. The molecule has 2 aromatic heterocycles. The van der Waals surface area contributed by atoms with E-state index in [2.05, 4.69) is 40.2 Å². The van der Waals surface area contributed by atoms with Gasteiger partial charge in [-0.15, -0.1) is 0 Å². The highest BCUT2D eigenvalue weighted by Gasteiger charge is 2.21. The van der Waals surface area contributed by atoms with Gasteiger partial charge in [0.25, 0.3) is 0 Å². The Morgan fingerprint density at radius 1 is 1.48 bits per heavy atom. The van der Waals surface area contributed by atoms with Crippen molar-refractivity contribution >= 4 is 17.2 Å². The van der Waals surface area contributed by atoms with Gasteiger partial charge < -0.3 is 10.2 Å². The molecule has 2 aromatic rings. The highest BCUT2D eigenvalue weighted by molar-refractivity contribution is 7.07. The summed E-state index contributed by atoms with van der Waals surface area (Å²) in [5.74, 6) is 0.624. The van der Waals surface area contributed by atoms with E-state index in [1.807, 2.05) is 15.8 Å². The van der Waals surface area contributed by atoms with Crippen LogP contribution in [-0.4, -0.2) is 40.2 Å². The third-order valence-electron chi connectivity index (χ3n) is 4.84. The summed E-state index contributed by atoms with van der Waals surface area (Å²) in [6.45, 7) is 6.08. The summed E-state index contributed by atoms with van der Waals surface area (Å²) < 4.78 is 1.91. The molecule has 6 heteroatoms. The molecule has 1 amide bonds. The van der Waals surface area contributed by atoms with E-state index in [9.17, 15) is 4.79 Å². The van der Waals surface area contributed by atoms with E-state index in [0.29, 0.717) is 19.0 Å². The molecule has 0 spiro atoms.